The quantitative estimate of drug-likeness (QED) is 0.340. The standard InChI is InChI=1S/C24H40N2O3.ClH/c1-8-9-10-11-14-26(4)15-12-13-24(18-25,19(2)3)20-16-21(27-5)23(29-7)22(17-20)28-6;/h16-17,19H,8-15H2,1-7H3;1H/t24-;/m1./s1. The summed E-state index contributed by atoms with van der Waals surface area (Å²) in [7, 11) is 6.99. The van der Waals surface area contributed by atoms with Crippen LogP contribution in [0.25, 0.3) is 0 Å². The zero-order valence-corrected chi connectivity index (χ0v) is 20.7. The van der Waals surface area contributed by atoms with Crippen LogP contribution in [0, 0.1) is 17.2 Å². The van der Waals surface area contributed by atoms with Crippen molar-refractivity contribution < 1.29 is 14.2 Å². The Balaban J connectivity index is 0.00000841. The fourth-order valence-corrected chi connectivity index (χ4v) is 3.90. The average Bonchev–Trinajstić information content (AvgIpc) is 2.73. The van der Waals surface area contributed by atoms with E-state index >= 15 is 0 Å². The monoisotopic (exact) mass is 440 g/mol. The van der Waals surface area contributed by atoms with E-state index in [9.17, 15) is 5.26 Å². The van der Waals surface area contributed by atoms with Crippen LogP contribution in [0.1, 0.15) is 64.9 Å². The Morgan fingerprint density at radius 1 is 0.967 bits per heavy atom. The van der Waals surface area contributed by atoms with Crippen molar-refractivity contribution in [3.05, 3.63) is 17.7 Å². The molecule has 1 rings (SSSR count). The highest BCUT2D eigenvalue weighted by Gasteiger charge is 2.37. The van der Waals surface area contributed by atoms with E-state index in [1.807, 2.05) is 12.1 Å². The normalized spacial score (nSPS) is 12.8. The number of benzene rings is 1. The van der Waals surface area contributed by atoms with Gasteiger partial charge in [-0.25, -0.2) is 0 Å². The summed E-state index contributed by atoms with van der Waals surface area (Å²) in [5.41, 5.74) is 0.325. The van der Waals surface area contributed by atoms with Gasteiger partial charge in [0, 0.05) is 0 Å². The Bertz CT molecular complexity index is 635. The molecule has 0 amide bonds. The van der Waals surface area contributed by atoms with Crippen molar-refractivity contribution >= 4 is 12.4 Å². The molecular formula is C24H41ClN2O3. The summed E-state index contributed by atoms with van der Waals surface area (Å²) >= 11 is 0. The lowest BCUT2D eigenvalue weighted by atomic mass is 9.69. The summed E-state index contributed by atoms with van der Waals surface area (Å²) in [5, 5.41) is 10.2. The van der Waals surface area contributed by atoms with Gasteiger partial charge in [-0.1, -0.05) is 40.0 Å². The minimum Gasteiger partial charge on any atom is -0.493 e. The zero-order valence-electron chi connectivity index (χ0n) is 19.9. The van der Waals surface area contributed by atoms with Gasteiger partial charge < -0.3 is 19.1 Å². The third kappa shape index (κ3) is 7.25. The van der Waals surface area contributed by atoms with Gasteiger partial charge in [-0.15, -0.1) is 12.4 Å². The van der Waals surface area contributed by atoms with Crippen LogP contribution < -0.4 is 14.2 Å². The maximum atomic E-state index is 10.2. The van der Waals surface area contributed by atoms with Crippen LogP contribution in [0.3, 0.4) is 0 Å². The number of unbranched alkanes of at least 4 members (excludes halogenated alkanes) is 3. The summed E-state index contributed by atoms with van der Waals surface area (Å²) in [6, 6.07) is 6.49. The van der Waals surface area contributed by atoms with Crippen LogP contribution in [0.15, 0.2) is 12.1 Å². The molecule has 172 valence electrons. The molecule has 0 aliphatic carbocycles. The van der Waals surface area contributed by atoms with Crippen molar-refractivity contribution in [2.24, 2.45) is 5.92 Å². The number of halogens is 1. The average molecular weight is 441 g/mol. The van der Waals surface area contributed by atoms with Gasteiger partial charge in [-0.3, -0.25) is 0 Å². The summed E-state index contributed by atoms with van der Waals surface area (Å²) < 4.78 is 16.5. The maximum Gasteiger partial charge on any atom is 0.203 e. The maximum absolute atomic E-state index is 10.2. The van der Waals surface area contributed by atoms with E-state index in [1.165, 1.54) is 25.7 Å². The van der Waals surface area contributed by atoms with E-state index < -0.39 is 5.41 Å². The van der Waals surface area contributed by atoms with E-state index in [0.717, 1.165) is 31.5 Å². The van der Waals surface area contributed by atoms with Gasteiger partial charge in [0.1, 0.15) is 0 Å². The smallest absolute Gasteiger partial charge is 0.203 e. The molecule has 0 radical (unpaired) electrons. The highest BCUT2D eigenvalue weighted by molar-refractivity contribution is 5.85. The van der Waals surface area contributed by atoms with E-state index in [-0.39, 0.29) is 18.3 Å². The molecule has 0 unspecified atom stereocenters. The molecule has 0 bridgehead atoms. The first kappa shape index (κ1) is 28.4. The Hall–Kier alpha value is -1.64. The zero-order chi connectivity index (χ0) is 21.9. The molecule has 6 heteroatoms. The minimum absolute atomic E-state index is 0. The van der Waals surface area contributed by atoms with Gasteiger partial charge >= 0.3 is 0 Å². The van der Waals surface area contributed by atoms with E-state index in [1.54, 1.807) is 21.3 Å². The molecule has 1 aromatic rings. The van der Waals surface area contributed by atoms with Crippen LogP contribution in [0.5, 0.6) is 17.2 Å². The number of nitriles is 1. The molecule has 0 fully saturated rings. The largest absolute Gasteiger partial charge is 0.493 e. The molecule has 0 heterocycles. The number of nitrogens with zero attached hydrogens (tertiary/aromatic N) is 2. The van der Waals surface area contributed by atoms with Crippen LogP contribution in [-0.2, 0) is 5.41 Å². The second-order valence-electron chi connectivity index (χ2n) is 8.12. The van der Waals surface area contributed by atoms with Crippen molar-refractivity contribution in [1.29, 1.82) is 5.26 Å². The van der Waals surface area contributed by atoms with Crippen molar-refractivity contribution in [3.63, 3.8) is 0 Å². The predicted molar refractivity (Wildman–Crippen MR) is 126 cm³/mol. The molecule has 1 atom stereocenters. The summed E-state index contributed by atoms with van der Waals surface area (Å²) in [6.07, 6.45) is 6.86. The Kier molecular flexibility index (Phi) is 13.6. The summed E-state index contributed by atoms with van der Waals surface area (Å²) in [5.74, 6) is 1.90. The summed E-state index contributed by atoms with van der Waals surface area (Å²) in [6.45, 7) is 8.57. The molecule has 0 aliphatic rings. The number of hydrogen-bond donors (Lipinski definition) is 0. The highest BCUT2D eigenvalue weighted by Crippen LogP contribution is 2.45. The van der Waals surface area contributed by atoms with E-state index in [2.05, 4.69) is 38.8 Å². The topological polar surface area (TPSA) is 54.7 Å². The van der Waals surface area contributed by atoms with Crippen LogP contribution in [-0.4, -0.2) is 46.4 Å². The highest BCUT2D eigenvalue weighted by atomic mass is 35.5. The van der Waals surface area contributed by atoms with Crippen molar-refractivity contribution in [2.75, 3.05) is 41.5 Å². The second-order valence-corrected chi connectivity index (χ2v) is 8.12. The first-order chi connectivity index (χ1) is 13.9. The van der Waals surface area contributed by atoms with Gasteiger partial charge in [-0.05, 0) is 63.0 Å². The molecule has 1 aromatic carbocycles. The minimum atomic E-state index is -0.601. The first-order valence-corrected chi connectivity index (χ1v) is 10.8. The molecular weight excluding hydrogens is 400 g/mol. The lowest BCUT2D eigenvalue weighted by Crippen LogP contribution is -2.32. The molecule has 0 aromatic heterocycles. The lowest BCUT2D eigenvalue weighted by molar-refractivity contribution is 0.284. The molecule has 30 heavy (non-hydrogen) atoms. The van der Waals surface area contributed by atoms with Gasteiger partial charge in [0.15, 0.2) is 11.5 Å². The summed E-state index contributed by atoms with van der Waals surface area (Å²) in [4.78, 5) is 2.38. The van der Waals surface area contributed by atoms with Gasteiger partial charge in [0.05, 0.1) is 32.8 Å². The van der Waals surface area contributed by atoms with Crippen molar-refractivity contribution in [3.8, 4) is 23.3 Å². The molecule has 0 aliphatic heterocycles. The molecule has 0 saturated heterocycles. The molecule has 0 spiro atoms. The van der Waals surface area contributed by atoms with Crippen LogP contribution >= 0.6 is 12.4 Å². The van der Waals surface area contributed by atoms with E-state index in [4.69, 9.17) is 14.2 Å². The Morgan fingerprint density at radius 2 is 1.53 bits per heavy atom. The third-order valence-electron chi connectivity index (χ3n) is 5.87. The number of hydrogen-bond acceptors (Lipinski definition) is 5. The lowest BCUT2D eigenvalue weighted by Gasteiger charge is -2.33. The number of methoxy groups -OCH3 is 3. The van der Waals surface area contributed by atoms with Gasteiger partial charge in [0.2, 0.25) is 5.75 Å². The third-order valence-corrected chi connectivity index (χ3v) is 5.87. The van der Waals surface area contributed by atoms with Crippen molar-refractivity contribution in [2.45, 2.75) is 64.7 Å². The fourth-order valence-electron chi connectivity index (χ4n) is 3.90. The second kappa shape index (κ2) is 14.4. The Morgan fingerprint density at radius 3 is 1.97 bits per heavy atom. The van der Waals surface area contributed by atoms with Crippen LogP contribution in [0.4, 0.5) is 0 Å². The molecule has 0 N–H and O–H groups in total. The fraction of sp³-hybridized carbons (Fsp3) is 0.708. The number of rotatable bonds is 14. The van der Waals surface area contributed by atoms with Gasteiger partial charge in [0.25, 0.3) is 0 Å². The predicted octanol–water partition coefficient (Wildman–Crippen LogP) is 5.84. The van der Waals surface area contributed by atoms with Crippen molar-refractivity contribution in [1.82, 2.24) is 4.90 Å². The first-order valence-electron chi connectivity index (χ1n) is 10.8. The molecule has 5 nitrogen and oxygen atoms in total. The van der Waals surface area contributed by atoms with Gasteiger partial charge in [-0.2, -0.15) is 5.26 Å². The molecule has 0 saturated carbocycles. The SMILES string of the molecule is CCCCCCN(C)CCC[C@](C#N)(c1cc(OC)c(OC)c(OC)c1)C(C)C.Cl. The van der Waals surface area contributed by atoms with Crippen LogP contribution in [0.2, 0.25) is 0 Å². The number of ether oxygens (including phenoxy) is 3. The van der Waals surface area contributed by atoms with E-state index in [0.29, 0.717) is 17.2 Å². The Labute approximate surface area is 190 Å².